The lowest BCUT2D eigenvalue weighted by Crippen LogP contribution is -2.50. The van der Waals surface area contributed by atoms with E-state index in [2.05, 4.69) is 15.4 Å². The summed E-state index contributed by atoms with van der Waals surface area (Å²) in [5.41, 5.74) is 3.13. The third-order valence-electron chi connectivity index (χ3n) is 5.96. The van der Waals surface area contributed by atoms with Crippen LogP contribution in [0.25, 0.3) is 5.57 Å². The molecule has 3 N–H and O–H groups in total. The van der Waals surface area contributed by atoms with Crippen LogP contribution in [0.1, 0.15) is 25.0 Å². The van der Waals surface area contributed by atoms with E-state index in [1.807, 2.05) is 22.6 Å². The zero-order valence-corrected chi connectivity index (χ0v) is 22.3. The number of carbonyl (C=O) groups excluding carboxylic acids is 2. The normalized spacial score (nSPS) is 20.3. The van der Waals surface area contributed by atoms with E-state index in [9.17, 15) is 22.4 Å². The molecule has 2 aliphatic heterocycles. The molecule has 35 heavy (non-hydrogen) atoms. The van der Waals surface area contributed by atoms with E-state index >= 15 is 0 Å². The Balaban J connectivity index is 1.82. The Hall–Kier alpha value is -2.93. The minimum Gasteiger partial charge on any atom is -0.453 e. The Bertz CT molecular complexity index is 1430. The van der Waals surface area contributed by atoms with E-state index in [1.165, 1.54) is 13.0 Å². The average molecular weight is 611 g/mol. The molecule has 0 saturated carbocycles. The number of esters is 1. The molecule has 2 aromatic carbocycles. The minimum absolute atomic E-state index is 0.129. The quantitative estimate of drug-likeness (QED) is 0.350. The second-order valence-electron chi connectivity index (χ2n) is 8.47. The zero-order chi connectivity index (χ0) is 25.7. The van der Waals surface area contributed by atoms with Gasteiger partial charge in [0.1, 0.15) is 17.8 Å². The summed E-state index contributed by atoms with van der Waals surface area (Å²) in [6.07, 6.45) is 0.0557. The number of amides is 1. The lowest BCUT2D eigenvalue weighted by molar-refractivity contribution is -0.147. The molecule has 2 aliphatic rings. The van der Waals surface area contributed by atoms with Crippen LogP contribution >= 0.6 is 22.6 Å². The fraction of sp³-hybridized carbons (Fsp3) is 0.250. The van der Waals surface area contributed by atoms with Crippen molar-refractivity contribution in [1.82, 2.24) is 5.32 Å². The van der Waals surface area contributed by atoms with Crippen molar-refractivity contribution in [3.8, 4) is 0 Å². The molecular weight excluding hydrogens is 588 g/mol. The third kappa shape index (κ3) is 4.92. The molecule has 11 heteroatoms. The van der Waals surface area contributed by atoms with Gasteiger partial charge < -0.3 is 15.4 Å². The van der Waals surface area contributed by atoms with E-state index in [1.54, 1.807) is 44.2 Å². The highest BCUT2D eigenvalue weighted by atomic mass is 127. The van der Waals surface area contributed by atoms with Crippen molar-refractivity contribution in [2.24, 2.45) is 5.92 Å². The first-order valence-corrected chi connectivity index (χ1v) is 13.6. The molecule has 0 aromatic heterocycles. The number of nitrogens with one attached hydrogen (secondary N) is 3. The SMILES string of the molecule is CC1=C(c2cccc(NS(C)(=O)=O)c2C)C2OC(=O)C(C)=C(Nc3ccc(I)cc3F)[C@@H]2C(=O)N1. The molecule has 0 fully saturated rings. The zero-order valence-electron chi connectivity index (χ0n) is 19.3. The van der Waals surface area contributed by atoms with Gasteiger partial charge >= 0.3 is 5.97 Å². The molecule has 8 nitrogen and oxygen atoms in total. The van der Waals surface area contributed by atoms with Crippen molar-refractivity contribution in [3.05, 3.63) is 73.9 Å². The number of fused-ring (bicyclic) bond motifs is 1. The lowest BCUT2D eigenvalue weighted by atomic mass is 9.80. The molecule has 0 aliphatic carbocycles. The monoisotopic (exact) mass is 611 g/mol. The Morgan fingerprint density at radius 3 is 2.46 bits per heavy atom. The standard InChI is InChI=1S/C24H23FIN3O5S/c1-11-15(6-5-7-17(11)29-35(4,32)33)19-13(3)27-23(30)20-21(12(2)24(31)34-22(19)20)28-18-9-8-14(26)10-16(18)25/h5-10,20,22,28-29H,1-4H3,(H,27,30)/t20-,22?/m0/s1. The number of ether oxygens (including phenoxy) is 1. The highest BCUT2D eigenvalue weighted by molar-refractivity contribution is 14.1. The van der Waals surface area contributed by atoms with Gasteiger partial charge in [0.2, 0.25) is 15.9 Å². The maximum atomic E-state index is 14.6. The highest BCUT2D eigenvalue weighted by Crippen LogP contribution is 2.42. The Kier molecular flexibility index (Phi) is 6.66. The summed E-state index contributed by atoms with van der Waals surface area (Å²) in [6, 6.07) is 9.66. The Morgan fingerprint density at radius 2 is 1.80 bits per heavy atom. The summed E-state index contributed by atoms with van der Waals surface area (Å²) in [4.78, 5) is 26.0. The largest absolute Gasteiger partial charge is 0.453 e. The summed E-state index contributed by atoms with van der Waals surface area (Å²) in [6.45, 7) is 4.94. The second kappa shape index (κ2) is 9.26. The summed E-state index contributed by atoms with van der Waals surface area (Å²) in [5.74, 6) is -2.52. The number of hydrogen-bond donors (Lipinski definition) is 3. The van der Waals surface area contributed by atoms with E-state index in [-0.39, 0.29) is 17.0 Å². The van der Waals surface area contributed by atoms with Gasteiger partial charge in [-0.05, 0) is 78.8 Å². The minimum atomic E-state index is -3.53. The first-order chi connectivity index (χ1) is 16.4. The molecule has 1 unspecified atom stereocenters. The first-order valence-electron chi connectivity index (χ1n) is 10.6. The van der Waals surface area contributed by atoms with E-state index < -0.39 is 39.7 Å². The van der Waals surface area contributed by atoms with E-state index in [0.29, 0.717) is 31.7 Å². The number of hydrogen-bond acceptors (Lipinski definition) is 6. The van der Waals surface area contributed by atoms with Gasteiger partial charge in [0.25, 0.3) is 0 Å². The van der Waals surface area contributed by atoms with Crippen molar-refractivity contribution in [2.75, 3.05) is 16.3 Å². The molecule has 0 bridgehead atoms. The van der Waals surface area contributed by atoms with Crippen LogP contribution in [0, 0.1) is 22.2 Å². The van der Waals surface area contributed by atoms with Crippen molar-refractivity contribution in [2.45, 2.75) is 26.9 Å². The molecule has 0 radical (unpaired) electrons. The smallest absolute Gasteiger partial charge is 0.336 e. The number of anilines is 2. The second-order valence-corrected chi connectivity index (χ2v) is 11.5. The van der Waals surface area contributed by atoms with Crippen molar-refractivity contribution in [1.29, 1.82) is 0 Å². The summed E-state index contributed by atoms with van der Waals surface area (Å²) >= 11 is 1.99. The predicted octanol–water partition coefficient (Wildman–Crippen LogP) is 3.90. The van der Waals surface area contributed by atoms with Crippen LogP contribution in [-0.4, -0.2) is 32.7 Å². The van der Waals surface area contributed by atoms with E-state index in [0.717, 1.165) is 6.26 Å². The molecule has 1 amide bonds. The van der Waals surface area contributed by atoms with Gasteiger partial charge in [-0.1, -0.05) is 12.1 Å². The summed E-state index contributed by atoms with van der Waals surface area (Å²) < 4.78 is 47.2. The number of benzene rings is 2. The number of sulfonamides is 1. The van der Waals surface area contributed by atoms with Crippen molar-refractivity contribution >= 4 is 61.4 Å². The van der Waals surface area contributed by atoms with Crippen molar-refractivity contribution < 1.29 is 27.1 Å². The molecule has 2 atom stereocenters. The fourth-order valence-electron chi connectivity index (χ4n) is 4.30. The van der Waals surface area contributed by atoms with E-state index in [4.69, 9.17) is 4.74 Å². The molecule has 4 rings (SSSR count). The Morgan fingerprint density at radius 1 is 1.09 bits per heavy atom. The molecular formula is C24H23FIN3O5S. The molecule has 0 saturated heterocycles. The maximum Gasteiger partial charge on any atom is 0.336 e. The summed E-state index contributed by atoms with van der Waals surface area (Å²) in [7, 11) is -3.53. The van der Waals surface area contributed by atoms with Gasteiger partial charge in [-0.25, -0.2) is 17.6 Å². The van der Waals surface area contributed by atoms with Crippen LogP contribution in [-0.2, 0) is 24.3 Å². The van der Waals surface area contributed by atoms with Crippen LogP contribution < -0.4 is 15.4 Å². The van der Waals surface area contributed by atoms with Crippen molar-refractivity contribution in [3.63, 3.8) is 0 Å². The topological polar surface area (TPSA) is 114 Å². The van der Waals surface area contributed by atoms with Crippen LogP contribution in [0.15, 0.2) is 53.4 Å². The number of rotatable bonds is 5. The van der Waals surface area contributed by atoms with Gasteiger partial charge in [-0.2, -0.15) is 0 Å². The van der Waals surface area contributed by atoms with Gasteiger partial charge in [0, 0.05) is 20.5 Å². The molecule has 184 valence electrons. The lowest BCUT2D eigenvalue weighted by Gasteiger charge is -2.39. The molecule has 0 spiro atoms. The number of halogens is 2. The fourth-order valence-corrected chi connectivity index (χ4v) is 5.38. The predicted molar refractivity (Wildman–Crippen MR) is 139 cm³/mol. The number of allylic oxidation sites excluding steroid dienone is 1. The maximum absolute atomic E-state index is 14.6. The van der Waals surface area contributed by atoms with Crippen LogP contribution in [0.2, 0.25) is 0 Å². The molecule has 2 heterocycles. The Labute approximate surface area is 216 Å². The van der Waals surface area contributed by atoms with Crippen LogP contribution in [0.5, 0.6) is 0 Å². The van der Waals surface area contributed by atoms with Gasteiger partial charge in [0.05, 0.1) is 23.2 Å². The number of carbonyl (C=O) groups is 2. The highest BCUT2D eigenvalue weighted by Gasteiger charge is 2.47. The van der Waals surface area contributed by atoms with Gasteiger partial charge in [-0.15, -0.1) is 0 Å². The van der Waals surface area contributed by atoms with Crippen LogP contribution in [0.4, 0.5) is 15.8 Å². The average Bonchev–Trinajstić information content (AvgIpc) is 2.74. The summed E-state index contributed by atoms with van der Waals surface area (Å²) in [5, 5.41) is 5.79. The van der Waals surface area contributed by atoms with Crippen LogP contribution in [0.3, 0.4) is 0 Å². The molecule has 2 aromatic rings. The first kappa shape index (κ1) is 25.2. The van der Waals surface area contributed by atoms with Gasteiger partial charge in [0.15, 0.2) is 0 Å². The van der Waals surface area contributed by atoms with Gasteiger partial charge in [-0.3, -0.25) is 9.52 Å². The third-order valence-corrected chi connectivity index (χ3v) is 7.22.